The van der Waals surface area contributed by atoms with E-state index in [-0.39, 0.29) is 46.7 Å². The summed E-state index contributed by atoms with van der Waals surface area (Å²) < 4.78 is 85.2. The van der Waals surface area contributed by atoms with Crippen molar-refractivity contribution in [1.82, 2.24) is 4.90 Å². The van der Waals surface area contributed by atoms with Crippen LogP contribution in [0.2, 0.25) is 0 Å². The molecule has 5 nitrogen and oxygen atoms in total. The molecule has 40 heavy (non-hydrogen) atoms. The Hall–Kier alpha value is -3.36. The summed E-state index contributed by atoms with van der Waals surface area (Å²) in [6, 6.07) is 8.64. The van der Waals surface area contributed by atoms with Crippen molar-refractivity contribution < 1.29 is 45.8 Å². The van der Waals surface area contributed by atoms with Crippen LogP contribution in [0.3, 0.4) is 0 Å². The van der Waals surface area contributed by atoms with Gasteiger partial charge in [0.2, 0.25) is 0 Å². The first-order chi connectivity index (χ1) is 18.7. The van der Waals surface area contributed by atoms with Crippen LogP contribution in [0, 0.1) is 0 Å². The first-order valence-electron chi connectivity index (χ1n) is 11.3. The van der Waals surface area contributed by atoms with Crippen molar-refractivity contribution in [2.75, 3.05) is 13.2 Å². The molecule has 0 saturated carbocycles. The minimum atomic E-state index is -4.96. The lowest BCUT2D eigenvalue weighted by Crippen LogP contribution is -2.29. The third-order valence-corrected chi connectivity index (χ3v) is 7.84. The van der Waals surface area contributed by atoms with Crippen LogP contribution in [0.15, 0.2) is 58.8 Å². The van der Waals surface area contributed by atoms with Crippen LogP contribution in [0.1, 0.15) is 32.8 Å². The largest absolute Gasteiger partial charge is 0.494 e. The van der Waals surface area contributed by atoms with Crippen LogP contribution in [0.25, 0.3) is 17.2 Å². The van der Waals surface area contributed by atoms with Gasteiger partial charge >= 0.3 is 18.3 Å². The molecular formula is C26H17F6NO4S3. The number of amides is 1. The number of alkyl halides is 6. The van der Waals surface area contributed by atoms with E-state index in [2.05, 4.69) is 0 Å². The molecule has 0 aliphatic carbocycles. The highest BCUT2D eigenvalue weighted by Gasteiger charge is 2.37. The zero-order valence-electron chi connectivity index (χ0n) is 20.0. The number of ether oxygens (including phenoxy) is 1. The van der Waals surface area contributed by atoms with Crippen molar-refractivity contribution in [3.05, 3.63) is 80.4 Å². The molecule has 0 atom stereocenters. The maximum Gasteiger partial charge on any atom is 0.416 e. The highest BCUT2D eigenvalue weighted by molar-refractivity contribution is 8.26. The van der Waals surface area contributed by atoms with Gasteiger partial charge in [0.1, 0.15) is 10.1 Å². The molecule has 1 aliphatic rings. The quantitative estimate of drug-likeness (QED) is 0.120. The summed E-state index contributed by atoms with van der Waals surface area (Å²) in [4.78, 5) is 25.9. The number of halogens is 6. The maximum atomic E-state index is 13.2. The number of carboxylic acids is 1. The first kappa shape index (κ1) is 29.6. The van der Waals surface area contributed by atoms with Gasteiger partial charge in [-0.25, -0.2) is 4.79 Å². The summed E-state index contributed by atoms with van der Waals surface area (Å²) in [6.45, 7) is 0.475. The Labute approximate surface area is 237 Å². The fourth-order valence-electron chi connectivity index (χ4n) is 3.63. The van der Waals surface area contributed by atoms with Crippen molar-refractivity contribution in [2.45, 2.75) is 18.8 Å². The normalized spacial score (nSPS) is 15.2. The average molecular weight is 618 g/mol. The SMILES string of the molecule is O=C(O)c1ccc(OCCCN2C(=O)C(=Cc3cc(-c4cc(C(F)(F)F)cc(C(F)(F)F)c4)cs3)SC2=S)cc1. The molecule has 1 fully saturated rings. The number of carbonyl (C=O) groups excluding carboxylic acids is 1. The molecule has 210 valence electrons. The van der Waals surface area contributed by atoms with Crippen molar-refractivity contribution in [3.63, 3.8) is 0 Å². The van der Waals surface area contributed by atoms with E-state index in [0.717, 1.165) is 23.1 Å². The predicted octanol–water partition coefficient (Wildman–Crippen LogP) is 7.82. The van der Waals surface area contributed by atoms with Crippen LogP contribution in [0.4, 0.5) is 26.3 Å². The van der Waals surface area contributed by atoms with Gasteiger partial charge in [0.05, 0.1) is 28.2 Å². The minimum Gasteiger partial charge on any atom is -0.494 e. The second-order valence-corrected chi connectivity index (χ2v) is 11.0. The summed E-state index contributed by atoms with van der Waals surface area (Å²) in [7, 11) is 0. The number of carbonyl (C=O) groups is 2. The van der Waals surface area contributed by atoms with Gasteiger partial charge in [-0.15, -0.1) is 11.3 Å². The van der Waals surface area contributed by atoms with Gasteiger partial charge in [-0.05, 0) is 77.5 Å². The number of nitrogens with zero attached hydrogens (tertiary/aromatic N) is 1. The molecule has 1 saturated heterocycles. The van der Waals surface area contributed by atoms with Crippen LogP contribution < -0.4 is 4.74 Å². The highest BCUT2D eigenvalue weighted by Crippen LogP contribution is 2.40. The van der Waals surface area contributed by atoms with Gasteiger partial charge in [0.25, 0.3) is 5.91 Å². The second-order valence-electron chi connectivity index (χ2n) is 8.40. The average Bonchev–Trinajstić information content (AvgIpc) is 3.45. The molecule has 0 bridgehead atoms. The third-order valence-electron chi connectivity index (χ3n) is 5.58. The topological polar surface area (TPSA) is 66.8 Å². The van der Waals surface area contributed by atoms with Gasteiger partial charge in [-0.3, -0.25) is 9.69 Å². The lowest BCUT2D eigenvalue weighted by atomic mass is 10.0. The van der Waals surface area contributed by atoms with E-state index >= 15 is 0 Å². The molecule has 3 aromatic rings. The molecule has 2 heterocycles. The number of benzene rings is 2. The lowest BCUT2D eigenvalue weighted by Gasteiger charge is -2.14. The lowest BCUT2D eigenvalue weighted by molar-refractivity contribution is -0.143. The van der Waals surface area contributed by atoms with E-state index in [1.165, 1.54) is 46.7 Å². The summed E-state index contributed by atoms with van der Waals surface area (Å²) in [5.74, 6) is -0.972. The van der Waals surface area contributed by atoms with Gasteiger partial charge in [-0.1, -0.05) is 24.0 Å². The maximum absolute atomic E-state index is 13.2. The molecule has 1 amide bonds. The number of thiophene rings is 1. The molecule has 0 radical (unpaired) electrons. The number of thioether (sulfide) groups is 1. The summed E-state index contributed by atoms with van der Waals surface area (Å²) >= 11 is 7.39. The van der Waals surface area contributed by atoms with E-state index in [4.69, 9.17) is 22.1 Å². The molecule has 1 aliphatic heterocycles. The number of hydrogen-bond donors (Lipinski definition) is 1. The van der Waals surface area contributed by atoms with Crippen LogP contribution in [-0.4, -0.2) is 39.4 Å². The first-order valence-corrected chi connectivity index (χ1v) is 13.4. The molecule has 0 spiro atoms. The number of rotatable bonds is 8. The van der Waals surface area contributed by atoms with Crippen LogP contribution >= 0.6 is 35.3 Å². The number of aromatic carboxylic acids is 1. The number of hydrogen-bond acceptors (Lipinski definition) is 6. The van der Waals surface area contributed by atoms with Gasteiger partial charge in [-0.2, -0.15) is 26.3 Å². The van der Waals surface area contributed by atoms with Gasteiger partial charge < -0.3 is 9.84 Å². The van der Waals surface area contributed by atoms with E-state index < -0.39 is 29.4 Å². The molecule has 1 aromatic heterocycles. The Morgan fingerprint density at radius 2 is 1.60 bits per heavy atom. The van der Waals surface area contributed by atoms with E-state index in [0.29, 0.717) is 33.5 Å². The fraction of sp³-hybridized carbons (Fsp3) is 0.192. The standard InChI is InChI=1S/C26H17F6NO4S3/c27-25(28,29)17-8-15(9-18(11-17)26(30,31)32)16-10-20(39-13-16)12-21-22(34)33(24(38)40-21)6-1-7-37-19-4-2-14(3-5-19)23(35)36/h2-5,8-13H,1,6-7H2,(H,35,36). The molecule has 0 unspecified atom stereocenters. The summed E-state index contributed by atoms with van der Waals surface area (Å²) in [5, 5.41) is 10.4. The Morgan fingerprint density at radius 3 is 2.17 bits per heavy atom. The monoisotopic (exact) mass is 617 g/mol. The number of carboxylic acid groups (broad SMARTS) is 1. The van der Waals surface area contributed by atoms with Gasteiger partial charge in [0.15, 0.2) is 0 Å². The Kier molecular flexibility index (Phi) is 8.61. The summed E-state index contributed by atoms with van der Waals surface area (Å²) in [6.07, 6.45) is -8.01. The Bertz CT molecular complexity index is 1450. The second kappa shape index (κ2) is 11.6. The molecular weight excluding hydrogens is 600 g/mol. The highest BCUT2D eigenvalue weighted by atomic mass is 32.2. The molecule has 2 aromatic carbocycles. The third kappa shape index (κ3) is 7.04. The van der Waals surface area contributed by atoms with Crippen LogP contribution in [-0.2, 0) is 17.1 Å². The Morgan fingerprint density at radius 1 is 0.975 bits per heavy atom. The van der Waals surface area contributed by atoms with Crippen molar-refractivity contribution in [1.29, 1.82) is 0 Å². The molecule has 14 heteroatoms. The smallest absolute Gasteiger partial charge is 0.416 e. The zero-order chi connectivity index (χ0) is 29.2. The van der Waals surface area contributed by atoms with Crippen molar-refractivity contribution in [3.8, 4) is 16.9 Å². The summed E-state index contributed by atoms with van der Waals surface area (Å²) in [5.41, 5.74) is -2.80. The van der Waals surface area contributed by atoms with Crippen molar-refractivity contribution >= 4 is 57.6 Å². The van der Waals surface area contributed by atoms with Gasteiger partial charge in [0, 0.05) is 11.4 Å². The molecule has 4 rings (SSSR count). The fourth-order valence-corrected chi connectivity index (χ4v) is 5.85. The van der Waals surface area contributed by atoms with E-state index in [1.54, 1.807) is 0 Å². The van der Waals surface area contributed by atoms with Crippen LogP contribution in [0.5, 0.6) is 5.75 Å². The van der Waals surface area contributed by atoms with Crippen molar-refractivity contribution in [2.24, 2.45) is 0 Å². The number of thiocarbonyl (C=S) groups is 1. The zero-order valence-corrected chi connectivity index (χ0v) is 22.5. The van der Waals surface area contributed by atoms with E-state index in [1.807, 2.05) is 0 Å². The Balaban J connectivity index is 1.42. The molecule has 1 N–H and O–H groups in total. The minimum absolute atomic E-state index is 0.0716. The van der Waals surface area contributed by atoms with E-state index in [9.17, 15) is 35.9 Å². The predicted molar refractivity (Wildman–Crippen MR) is 143 cm³/mol.